The minimum Gasteiger partial charge on any atom is -0.481 e. The maximum Gasteiger partial charge on any atom is 0.308 e. The van der Waals surface area contributed by atoms with Crippen LogP contribution in [-0.2, 0) is 11.3 Å². The van der Waals surface area contributed by atoms with E-state index in [4.69, 9.17) is 0 Å². The summed E-state index contributed by atoms with van der Waals surface area (Å²) in [6, 6.07) is 11.7. The van der Waals surface area contributed by atoms with Gasteiger partial charge in [0.05, 0.1) is 23.0 Å². The first-order valence-corrected chi connectivity index (χ1v) is 9.89. The summed E-state index contributed by atoms with van der Waals surface area (Å²) in [4.78, 5) is 25.6. The van der Waals surface area contributed by atoms with Crippen molar-refractivity contribution in [2.75, 3.05) is 0 Å². The van der Waals surface area contributed by atoms with Gasteiger partial charge in [0.15, 0.2) is 0 Å². The smallest absolute Gasteiger partial charge is 0.308 e. The minimum atomic E-state index is -0.830. The molecular weight excluding hydrogens is 362 g/mol. The molecule has 2 N–H and O–H groups in total. The number of benzene rings is 1. The summed E-state index contributed by atoms with van der Waals surface area (Å²) in [6.45, 7) is 2.59. The summed E-state index contributed by atoms with van der Waals surface area (Å²) in [5.41, 5.74) is 2.04. The van der Waals surface area contributed by atoms with Crippen LogP contribution in [0.25, 0.3) is 10.2 Å². The zero-order chi connectivity index (χ0) is 19.0. The van der Waals surface area contributed by atoms with Gasteiger partial charge in [0.25, 0.3) is 5.91 Å². The van der Waals surface area contributed by atoms with E-state index in [1.165, 1.54) is 11.3 Å². The number of aromatic nitrogens is 2. The number of nitrogens with zero attached hydrogens (tertiary/aromatic N) is 2. The van der Waals surface area contributed by atoms with E-state index < -0.39 is 11.9 Å². The van der Waals surface area contributed by atoms with Crippen LogP contribution in [0.4, 0.5) is 0 Å². The number of carbonyl (C=O) groups excluding carboxylic acids is 1. The lowest BCUT2D eigenvalue weighted by atomic mass is 10.0. The molecule has 27 heavy (non-hydrogen) atoms. The number of carboxylic acids is 1. The van der Waals surface area contributed by atoms with E-state index in [1.807, 2.05) is 35.9 Å². The van der Waals surface area contributed by atoms with Gasteiger partial charge in [-0.15, -0.1) is 11.3 Å². The number of rotatable bonds is 5. The third-order valence-corrected chi connectivity index (χ3v) is 6.30. The average molecular weight is 383 g/mol. The molecule has 1 amide bonds. The molecule has 1 aliphatic rings. The van der Waals surface area contributed by atoms with Crippen LogP contribution in [0.1, 0.15) is 40.2 Å². The van der Waals surface area contributed by atoms with Crippen molar-refractivity contribution in [2.45, 2.75) is 38.8 Å². The summed E-state index contributed by atoms with van der Waals surface area (Å²) in [6.07, 6.45) is 2.17. The zero-order valence-electron chi connectivity index (χ0n) is 15.0. The molecule has 2 heterocycles. The fourth-order valence-electron chi connectivity index (χ4n) is 3.76. The van der Waals surface area contributed by atoms with Crippen LogP contribution in [0.15, 0.2) is 36.4 Å². The second kappa shape index (κ2) is 7.15. The molecule has 1 saturated carbocycles. The molecule has 7 heteroatoms. The highest BCUT2D eigenvalue weighted by Crippen LogP contribution is 2.30. The molecule has 140 valence electrons. The van der Waals surface area contributed by atoms with Crippen molar-refractivity contribution >= 4 is 33.4 Å². The van der Waals surface area contributed by atoms with Crippen molar-refractivity contribution in [1.82, 2.24) is 15.1 Å². The van der Waals surface area contributed by atoms with Crippen molar-refractivity contribution in [2.24, 2.45) is 5.92 Å². The van der Waals surface area contributed by atoms with Crippen LogP contribution in [-0.4, -0.2) is 32.8 Å². The molecule has 0 bridgehead atoms. The van der Waals surface area contributed by atoms with Crippen LogP contribution in [0.5, 0.6) is 0 Å². The summed E-state index contributed by atoms with van der Waals surface area (Å²) in [7, 11) is 0. The third kappa shape index (κ3) is 3.47. The number of hydrogen-bond donors (Lipinski definition) is 2. The monoisotopic (exact) mass is 383 g/mol. The molecule has 1 aromatic carbocycles. The Hall–Kier alpha value is -2.67. The van der Waals surface area contributed by atoms with Gasteiger partial charge in [-0.25, -0.2) is 0 Å². The van der Waals surface area contributed by atoms with E-state index in [9.17, 15) is 14.7 Å². The third-order valence-electron chi connectivity index (χ3n) is 5.16. The number of fused-ring (bicyclic) bond motifs is 1. The van der Waals surface area contributed by atoms with E-state index >= 15 is 0 Å². The molecule has 0 aliphatic heterocycles. The lowest BCUT2D eigenvalue weighted by Gasteiger charge is -2.16. The van der Waals surface area contributed by atoms with Crippen molar-refractivity contribution in [3.8, 4) is 0 Å². The number of nitrogens with one attached hydrogen (secondary N) is 1. The largest absolute Gasteiger partial charge is 0.481 e. The molecule has 2 aromatic heterocycles. The highest BCUT2D eigenvalue weighted by Gasteiger charge is 2.34. The predicted molar refractivity (Wildman–Crippen MR) is 104 cm³/mol. The van der Waals surface area contributed by atoms with Crippen LogP contribution in [0, 0.1) is 12.8 Å². The Balaban J connectivity index is 1.57. The van der Waals surface area contributed by atoms with Crippen LogP contribution in [0.2, 0.25) is 0 Å². The standard InChI is InChI=1S/C20H21N3O3S/c1-12-15-10-17(18(24)21-16-9-5-8-14(16)20(25)26)27-19(15)23(22-12)11-13-6-3-2-4-7-13/h2-4,6-7,10,14,16H,5,8-9,11H2,1H3,(H,21,24)(H,25,26)/t14-,16+/m0/s1. The highest BCUT2D eigenvalue weighted by molar-refractivity contribution is 7.20. The summed E-state index contributed by atoms with van der Waals surface area (Å²) >= 11 is 1.41. The first-order chi connectivity index (χ1) is 13.0. The van der Waals surface area contributed by atoms with Gasteiger partial charge >= 0.3 is 5.97 Å². The average Bonchev–Trinajstić information content (AvgIpc) is 3.34. The van der Waals surface area contributed by atoms with E-state index in [1.54, 1.807) is 0 Å². The first-order valence-electron chi connectivity index (χ1n) is 9.07. The molecule has 0 unspecified atom stereocenters. The van der Waals surface area contributed by atoms with Crippen molar-refractivity contribution < 1.29 is 14.7 Å². The van der Waals surface area contributed by atoms with Gasteiger partial charge < -0.3 is 10.4 Å². The van der Waals surface area contributed by atoms with Gasteiger partial charge in [-0.2, -0.15) is 5.10 Å². The topological polar surface area (TPSA) is 84.2 Å². The molecule has 0 radical (unpaired) electrons. The molecular formula is C20H21N3O3S. The van der Waals surface area contributed by atoms with Crippen LogP contribution < -0.4 is 5.32 Å². The zero-order valence-corrected chi connectivity index (χ0v) is 15.8. The summed E-state index contributed by atoms with van der Waals surface area (Å²) in [5, 5.41) is 17.8. The number of carbonyl (C=O) groups is 2. The van der Waals surface area contributed by atoms with Gasteiger partial charge in [-0.1, -0.05) is 36.8 Å². The quantitative estimate of drug-likeness (QED) is 0.707. The normalized spacial score (nSPS) is 19.4. The molecule has 4 rings (SSSR count). The Morgan fingerprint density at radius 1 is 1.30 bits per heavy atom. The number of carboxylic acid groups (broad SMARTS) is 1. The number of amides is 1. The first kappa shape index (κ1) is 17.7. The second-order valence-corrected chi connectivity index (χ2v) is 8.04. The molecule has 1 fully saturated rings. The molecule has 1 aliphatic carbocycles. The molecule has 3 aromatic rings. The van der Waals surface area contributed by atoms with Crippen LogP contribution >= 0.6 is 11.3 Å². The van der Waals surface area contributed by atoms with E-state index in [-0.39, 0.29) is 11.9 Å². The Morgan fingerprint density at radius 2 is 2.07 bits per heavy atom. The lowest BCUT2D eigenvalue weighted by molar-refractivity contribution is -0.142. The highest BCUT2D eigenvalue weighted by atomic mass is 32.1. The van der Waals surface area contributed by atoms with Gasteiger partial charge in [0.2, 0.25) is 0 Å². The van der Waals surface area contributed by atoms with Gasteiger partial charge in [-0.05, 0) is 31.4 Å². The van der Waals surface area contributed by atoms with E-state index in [2.05, 4.69) is 22.5 Å². The summed E-state index contributed by atoms with van der Waals surface area (Å²) < 4.78 is 1.93. The fourth-order valence-corrected chi connectivity index (χ4v) is 4.82. The van der Waals surface area contributed by atoms with Crippen molar-refractivity contribution in [3.05, 3.63) is 52.5 Å². The Bertz CT molecular complexity index is 993. The second-order valence-electron chi connectivity index (χ2n) is 7.01. The molecule has 2 atom stereocenters. The van der Waals surface area contributed by atoms with Gasteiger partial charge in [0.1, 0.15) is 4.83 Å². The predicted octanol–water partition coefficient (Wildman–Crippen LogP) is 3.44. The van der Waals surface area contributed by atoms with Crippen molar-refractivity contribution in [1.29, 1.82) is 0 Å². The number of thiophene rings is 1. The molecule has 6 nitrogen and oxygen atoms in total. The maximum atomic E-state index is 12.7. The summed E-state index contributed by atoms with van der Waals surface area (Å²) in [5.74, 6) is -1.51. The maximum absolute atomic E-state index is 12.7. The van der Waals surface area contributed by atoms with Gasteiger partial charge in [0, 0.05) is 11.4 Å². The Morgan fingerprint density at radius 3 is 2.81 bits per heavy atom. The Labute approximate surface area is 160 Å². The number of hydrogen-bond acceptors (Lipinski definition) is 4. The number of aliphatic carboxylic acids is 1. The number of aryl methyl sites for hydroxylation is 1. The SMILES string of the molecule is Cc1nn(Cc2ccccc2)c2sc(C(=O)N[C@@H]3CCC[C@@H]3C(=O)O)cc12. The lowest BCUT2D eigenvalue weighted by Crippen LogP contribution is -2.39. The van der Waals surface area contributed by atoms with E-state index in [0.717, 1.165) is 27.9 Å². The minimum absolute atomic E-state index is 0.194. The molecule has 0 spiro atoms. The molecule has 0 saturated heterocycles. The van der Waals surface area contributed by atoms with Crippen LogP contribution in [0.3, 0.4) is 0 Å². The van der Waals surface area contributed by atoms with Crippen molar-refractivity contribution in [3.63, 3.8) is 0 Å². The Kier molecular flexibility index (Phi) is 4.70. The van der Waals surface area contributed by atoms with E-state index in [0.29, 0.717) is 24.3 Å². The van der Waals surface area contributed by atoms with Gasteiger partial charge in [-0.3, -0.25) is 14.3 Å². The fraction of sp³-hybridized carbons (Fsp3) is 0.350.